The van der Waals surface area contributed by atoms with E-state index in [0.29, 0.717) is 11.0 Å². The highest BCUT2D eigenvalue weighted by Crippen LogP contribution is 2.33. The van der Waals surface area contributed by atoms with Crippen LogP contribution in [-0.4, -0.2) is 16.0 Å². The Morgan fingerprint density at radius 3 is 2.71 bits per heavy atom. The summed E-state index contributed by atoms with van der Waals surface area (Å²) < 4.78 is 26.1. The van der Waals surface area contributed by atoms with Gasteiger partial charge in [-0.05, 0) is 19.3 Å². The third kappa shape index (κ3) is 1.80. The van der Waals surface area contributed by atoms with E-state index in [1.165, 1.54) is 0 Å². The van der Waals surface area contributed by atoms with Crippen molar-refractivity contribution in [2.24, 2.45) is 5.73 Å². The number of imidazole rings is 1. The fourth-order valence-corrected chi connectivity index (χ4v) is 2.48. The number of benzene rings is 1. The number of rotatable bonds is 1. The topological polar surface area (TPSA) is 54.7 Å². The molecule has 3 rings (SSSR count). The Labute approximate surface area is 97.0 Å². The van der Waals surface area contributed by atoms with E-state index in [0.717, 1.165) is 37.2 Å². The maximum absolute atomic E-state index is 13.1. The highest BCUT2D eigenvalue weighted by Gasteiger charge is 2.25. The lowest BCUT2D eigenvalue weighted by atomic mass is 10.1. The Morgan fingerprint density at radius 2 is 2.00 bits per heavy atom. The lowest BCUT2D eigenvalue weighted by Gasteiger charge is -2.04. The molecule has 1 fully saturated rings. The second-order valence-corrected chi connectivity index (χ2v) is 4.68. The smallest absolute Gasteiger partial charge is 0.161 e. The van der Waals surface area contributed by atoms with Gasteiger partial charge in [0.05, 0.1) is 11.0 Å². The normalized spacial score (nSPS) is 24.6. The first-order valence-corrected chi connectivity index (χ1v) is 5.73. The van der Waals surface area contributed by atoms with E-state index in [2.05, 4.69) is 9.97 Å². The van der Waals surface area contributed by atoms with Crippen LogP contribution in [0.25, 0.3) is 11.0 Å². The number of nitrogens with zero attached hydrogens (tertiary/aromatic N) is 1. The average Bonchev–Trinajstić information content (AvgIpc) is 2.85. The molecule has 1 aliphatic carbocycles. The predicted octanol–water partition coefficient (Wildman–Crippen LogP) is 2.44. The largest absolute Gasteiger partial charge is 0.342 e. The van der Waals surface area contributed by atoms with Crippen LogP contribution in [0.5, 0.6) is 0 Å². The van der Waals surface area contributed by atoms with Gasteiger partial charge >= 0.3 is 0 Å². The van der Waals surface area contributed by atoms with Crippen molar-refractivity contribution in [1.29, 1.82) is 0 Å². The molecule has 2 atom stereocenters. The molecule has 0 spiro atoms. The molecule has 3 nitrogen and oxygen atoms in total. The second kappa shape index (κ2) is 3.77. The molecule has 3 N–H and O–H groups in total. The zero-order valence-corrected chi connectivity index (χ0v) is 9.21. The van der Waals surface area contributed by atoms with Crippen molar-refractivity contribution in [2.75, 3.05) is 0 Å². The maximum atomic E-state index is 13.1. The van der Waals surface area contributed by atoms with E-state index in [1.54, 1.807) is 0 Å². The van der Waals surface area contributed by atoms with E-state index in [-0.39, 0.29) is 12.0 Å². The van der Waals surface area contributed by atoms with Crippen molar-refractivity contribution in [3.63, 3.8) is 0 Å². The van der Waals surface area contributed by atoms with Crippen LogP contribution in [0.3, 0.4) is 0 Å². The summed E-state index contributed by atoms with van der Waals surface area (Å²) in [4.78, 5) is 7.37. The van der Waals surface area contributed by atoms with Crippen molar-refractivity contribution in [3.05, 3.63) is 29.6 Å². The summed E-state index contributed by atoms with van der Waals surface area (Å²) >= 11 is 0. The predicted molar refractivity (Wildman–Crippen MR) is 60.6 cm³/mol. The monoisotopic (exact) mass is 237 g/mol. The third-order valence-corrected chi connectivity index (χ3v) is 3.40. The first-order chi connectivity index (χ1) is 8.13. The summed E-state index contributed by atoms with van der Waals surface area (Å²) in [6.45, 7) is 0. The van der Waals surface area contributed by atoms with Gasteiger partial charge in [-0.1, -0.05) is 0 Å². The molecule has 1 aliphatic rings. The van der Waals surface area contributed by atoms with Crippen LogP contribution in [0.1, 0.15) is 31.0 Å². The van der Waals surface area contributed by atoms with Crippen LogP contribution in [-0.2, 0) is 0 Å². The number of H-pyrrole nitrogens is 1. The van der Waals surface area contributed by atoms with Crippen LogP contribution >= 0.6 is 0 Å². The van der Waals surface area contributed by atoms with Crippen molar-refractivity contribution in [1.82, 2.24) is 9.97 Å². The summed E-state index contributed by atoms with van der Waals surface area (Å²) in [5.74, 6) is -0.643. The summed E-state index contributed by atoms with van der Waals surface area (Å²) in [6.07, 6.45) is 2.83. The molecule has 2 unspecified atom stereocenters. The van der Waals surface area contributed by atoms with Crippen LogP contribution in [0.15, 0.2) is 12.1 Å². The van der Waals surface area contributed by atoms with Gasteiger partial charge in [-0.3, -0.25) is 0 Å². The van der Waals surface area contributed by atoms with Gasteiger partial charge < -0.3 is 10.7 Å². The third-order valence-electron chi connectivity index (χ3n) is 3.40. The summed E-state index contributed by atoms with van der Waals surface area (Å²) in [6, 6.07) is 2.48. The molecule has 1 aromatic carbocycles. The zero-order chi connectivity index (χ0) is 12.0. The summed E-state index contributed by atoms with van der Waals surface area (Å²) in [5, 5.41) is 0. The summed E-state index contributed by atoms with van der Waals surface area (Å²) in [5.41, 5.74) is 6.86. The van der Waals surface area contributed by atoms with E-state index in [9.17, 15) is 8.78 Å². The standard InChI is InChI=1S/C12H13F2N3/c13-8-4-10-11(5-9(8)14)17-12(16-10)6-1-2-7(15)3-6/h4-7H,1-3,15H2,(H,16,17). The quantitative estimate of drug-likeness (QED) is 0.800. The first-order valence-electron chi connectivity index (χ1n) is 5.73. The van der Waals surface area contributed by atoms with Gasteiger partial charge in [-0.15, -0.1) is 0 Å². The van der Waals surface area contributed by atoms with Crippen LogP contribution in [0, 0.1) is 11.6 Å². The number of hydrogen-bond acceptors (Lipinski definition) is 2. The van der Waals surface area contributed by atoms with Crippen molar-refractivity contribution in [3.8, 4) is 0 Å². The molecule has 17 heavy (non-hydrogen) atoms. The zero-order valence-electron chi connectivity index (χ0n) is 9.21. The van der Waals surface area contributed by atoms with Gasteiger partial charge in [0, 0.05) is 24.1 Å². The van der Waals surface area contributed by atoms with Crippen molar-refractivity contribution < 1.29 is 8.78 Å². The van der Waals surface area contributed by atoms with Crippen LogP contribution in [0.4, 0.5) is 8.78 Å². The number of nitrogens with two attached hydrogens (primary N) is 1. The number of hydrogen-bond donors (Lipinski definition) is 2. The molecule has 2 aromatic rings. The van der Waals surface area contributed by atoms with Crippen LogP contribution in [0.2, 0.25) is 0 Å². The minimum absolute atomic E-state index is 0.210. The SMILES string of the molecule is NC1CCC(c2nc3cc(F)c(F)cc3[nH]2)C1. The molecule has 0 amide bonds. The van der Waals surface area contributed by atoms with E-state index in [4.69, 9.17) is 5.73 Å². The molecule has 0 bridgehead atoms. The number of aromatic nitrogens is 2. The molecule has 90 valence electrons. The lowest BCUT2D eigenvalue weighted by molar-refractivity contribution is 0.510. The molecule has 1 aromatic heterocycles. The van der Waals surface area contributed by atoms with E-state index >= 15 is 0 Å². The molecular weight excluding hydrogens is 224 g/mol. The Morgan fingerprint density at radius 1 is 1.24 bits per heavy atom. The highest BCUT2D eigenvalue weighted by molar-refractivity contribution is 5.75. The molecule has 1 saturated carbocycles. The first kappa shape index (κ1) is 10.7. The van der Waals surface area contributed by atoms with Crippen LogP contribution < -0.4 is 5.73 Å². The Balaban J connectivity index is 2.02. The number of nitrogens with one attached hydrogen (secondary N) is 1. The molecule has 1 heterocycles. The van der Waals surface area contributed by atoms with Gasteiger partial charge in [0.25, 0.3) is 0 Å². The Bertz CT molecular complexity index is 525. The van der Waals surface area contributed by atoms with Gasteiger partial charge in [0.15, 0.2) is 11.6 Å². The van der Waals surface area contributed by atoms with Crippen molar-refractivity contribution in [2.45, 2.75) is 31.2 Å². The second-order valence-electron chi connectivity index (χ2n) is 4.68. The number of fused-ring (bicyclic) bond motifs is 1. The average molecular weight is 237 g/mol. The number of halogens is 2. The minimum Gasteiger partial charge on any atom is -0.342 e. The van der Waals surface area contributed by atoms with Gasteiger partial charge in [0.1, 0.15) is 5.82 Å². The molecule has 5 heteroatoms. The molecule has 0 saturated heterocycles. The Hall–Kier alpha value is -1.49. The summed E-state index contributed by atoms with van der Waals surface area (Å²) in [7, 11) is 0. The molecule has 0 aliphatic heterocycles. The van der Waals surface area contributed by atoms with Gasteiger partial charge in [0.2, 0.25) is 0 Å². The minimum atomic E-state index is -0.862. The fraction of sp³-hybridized carbons (Fsp3) is 0.417. The van der Waals surface area contributed by atoms with E-state index in [1.807, 2.05) is 0 Å². The van der Waals surface area contributed by atoms with Crippen molar-refractivity contribution >= 4 is 11.0 Å². The van der Waals surface area contributed by atoms with Gasteiger partial charge in [-0.2, -0.15) is 0 Å². The Kier molecular flexibility index (Phi) is 2.36. The molecular formula is C12H13F2N3. The fourth-order valence-electron chi connectivity index (χ4n) is 2.48. The highest BCUT2D eigenvalue weighted by atomic mass is 19.2. The maximum Gasteiger partial charge on any atom is 0.161 e. The molecule has 0 radical (unpaired) electrons. The van der Waals surface area contributed by atoms with E-state index < -0.39 is 11.6 Å². The number of aromatic amines is 1. The van der Waals surface area contributed by atoms with Gasteiger partial charge in [-0.25, -0.2) is 13.8 Å². The lowest BCUT2D eigenvalue weighted by Crippen LogP contribution is -2.14.